The summed E-state index contributed by atoms with van der Waals surface area (Å²) in [6.07, 6.45) is 0. The zero-order chi connectivity index (χ0) is 21.7. The van der Waals surface area contributed by atoms with Gasteiger partial charge in [0.2, 0.25) is 15.9 Å². The molecule has 0 aliphatic carbocycles. The number of carbonyl (C=O) groups is 1. The summed E-state index contributed by atoms with van der Waals surface area (Å²) in [6.45, 7) is 1.49. The standard InChI is InChI=1S/C19H21ClN4O5S/c20-16-5-3-4-15(12-16)13-21-19(25)14-22-8-10-23(11-9-22)30(28,29)18-7-2-1-6-17(18)24(26)27/h1-7,12H,8-11,13-14H2,(H,21,25). The van der Waals surface area contributed by atoms with Crippen LogP contribution in [-0.2, 0) is 21.4 Å². The lowest BCUT2D eigenvalue weighted by Gasteiger charge is -2.33. The van der Waals surface area contributed by atoms with Gasteiger partial charge in [-0.15, -0.1) is 0 Å². The minimum atomic E-state index is -3.99. The van der Waals surface area contributed by atoms with Gasteiger partial charge in [-0.3, -0.25) is 19.8 Å². The number of nitrogens with one attached hydrogen (secondary N) is 1. The quantitative estimate of drug-likeness (QED) is 0.507. The number of benzene rings is 2. The third-order valence-corrected chi connectivity index (χ3v) is 6.94. The Hall–Kier alpha value is -2.53. The van der Waals surface area contributed by atoms with Gasteiger partial charge < -0.3 is 5.32 Å². The summed E-state index contributed by atoms with van der Waals surface area (Å²) in [6, 6.07) is 12.5. The normalized spacial score (nSPS) is 15.6. The molecule has 0 saturated carbocycles. The number of nitrogens with zero attached hydrogens (tertiary/aromatic N) is 3. The molecule has 1 N–H and O–H groups in total. The topological polar surface area (TPSA) is 113 Å². The summed E-state index contributed by atoms with van der Waals surface area (Å²) >= 11 is 5.93. The average Bonchev–Trinajstić information content (AvgIpc) is 2.73. The Balaban J connectivity index is 1.54. The minimum Gasteiger partial charge on any atom is -0.351 e. The number of hydrogen-bond acceptors (Lipinski definition) is 6. The molecule has 1 fully saturated rings. The van der Waals surface area contributed by atoms with E-state index in [1.807, 2.05) is 11.0 Å². The summed E-state index contributed by atoms with van der Waals surface area (Å²) in [5.41, 5.74) is 0.441. The molecule has 0 unspecified atom stereocenters. The van der Waals surface area contributed by atoms with Gasteiger partial charge in [-0.25, -0.2) is 8.42 Å². The highest BCUT2D eigenvalue weighted by Crippen LogP contribution is 2.26. The van der Waals surface area contributed by atoms with Gasteiger partial charge in [0.05, 0.1) is 11.5 Å². The monoisotopic (exact) mass is 452 g/mol. The number of halogens is 1. The summed E-state index contributed by atoms with van der Waals surface area (Å²) < 4.78 is 26.9. The van der Waals surface area contributed by atoms with E-state index in [1.54, 1.807) is 18.2 Å². The van der Waals surface area contributed by atoms with Gasteiger partial charge in [0.25, 0.3) is 5.69 Å². The van der Waals surface area contributed by atoms with Crippen LogP contribution in [0.5, 0.6) is 0 Å². The van der Waals surface area contributed by atoms with Crippen LogP contribution in [0.2, 0.25) is 5.02 Å². The number of nitro benzene ring substituents is 1. The SMILES string of the molecule is O=C(CN1CCN(S(=O)(=O)c2ccccc2[N+](=O)[O-])CC1)NCc1cccc(Cl)c1. The Labute approximate surface area is 179 Å². The fourth-order valence-corrected chi connectivity index (χ4v) is 4.99. The van der Waals surface area contributed by atoms with E-state index in [0.29, 0.717) is 24.7 Å². The average molecular weight is 453 g/mol. The molecule has 2 aromatic rings. The van der Waals surface area contributed by atoms with Crippen molar-refractivity contribution in [2.45, 2.75) is 11.4 Å². The maximum atomic E-state index is 12.8. The van der Waals surface area contributed by atoms with Crippen LogP contribution in [0, 0.1) is 10.1 Å². The molecule has 2 aromatic carbocycles. The van der Waals surface area contributed by atoms with Crippen LogP contribution >= 0.6 is 11.6 Å². The molecule has 160 valence electrons. The van der Waals surface area contributed by atoms with E-state index in [4.69, 9.17) is 11.6 Å². The van der Waals surface area contributed by atoms with Crippen molar-refractivity contribution in [2.24, 2.45) is 0 Å². The Morgan fingerprint density at radius 3 is 2.47 bits per heavy atom. The van der Waals surface area contributed by atoms with Crippen molar-refractivity contribution in [1.29, 1.82) is 0 Å². The first-order valence-electron chi connectivity index (χ1n) is 9.24. The number of rotatable bonds is 7. The lowest BCUT2D eigenvalue weighted by atomic mass is 10.2. The lowest BCUT2D eigenvalue weighted by Crippen LogP contribution is -2.51. The second-order valence-corrected chi connectivity index (χ2v) is 9.15. The highest BCUT2D eigenvalue weighted by Gasteiger charge is 2.33. The van der Waals surface area contributed by atoms with E-state index in [0.717, 1.165) is 5.56 Å². The lowest BCUT2D eigenvalue weighted by molar-refractivity contribution is -0.387. The van der Waals surface area contributed by atoms with Crippen molar-refractivity contribution in [1.82, 2.24) is 14.5 Å². The fraction of sp³-hybridized carbons (Fsp3) is 0.316. The van der Waals surface area contributed by atoms with Crippen LogP contribution in [-0.4, -0.2) is 61.2 Å². The molecule has 1 amide bonds. The van der Waals surface area contributed by atoms with Gasteiger partial charge in [-0.1, -0.05) is 35.9 Å². The highest BCUT2D eigenvalue weighted by atomic mass is 35.5. The molecule has 0 spiro atoms. The molecule has 0 radical (unpaired) electrons. The minimum absolute atomic E-state index is 0.139. The molecule has 11 heteroatoms. The molecular formula is C19H21ClN4O5S. The number of carbonyl (C=O) groups excluding carboxylic acids is 1. The van der Waals surface area contributed by atoms with Crippen LogP contribution in [0.1, 0.15) is 5.56 Å². The molecule has 1 heterocycles. The molecule has 1 aliphatic heterocycles. The van der Waals surface area contributed by atoms with E-state index in [2.05, 4.69) is 5.32 Å². The summed E-state index contributed by atoms with van der Waals surface area (Å²) in [4.78, 5) is 24.2. The number of amides is 1. The second kappa shape index (κ2) is 9.52. The van der Waals surface area contributed by atoms with Gasteiger partial charge in [-0.2, -0.15) is 4.31 Å². The smallest absolute Gasteiger partial charge is 0.289 e. The van der Waals surface area contributed by atoms with Gasteiger partial charge >= 0.3 is 0 Å². The van der Waals surface area contributed by atoms with Crippen molar-refractivity contribution in [3.05, 3.63) is 69.2 Å². The first-order valence-corrected chi connectivity index (χ1v) is 11.1. The first kappa shape index (κ1) is 22.2. The van der Waals surface area contributed by atoms with Crippen molar-refractivity contribution < 1.29 is 18.1 Å². The fourth-order valence-electron chi connectivity index (χ4n) is 3.20. The van der Waals surface area contributed by atoms with Crippen molar-refractivity contribution >= 4 is 33.2 Å². The molecule has 30 heavy (non-hydrogen) atoms. The third-order valence-electron chi connectivity index (χ3n) is 4.76. The van der Waals surface area contributed by atoms with Crippen molar-refractivity contribution in [2.75, 3.05) is 32.7 Å². The van der Waals surface area contributed by atoms with E-state index in [9.17, 15) is 23.3 Å². The van der Waals surface area contributed by atoms with Crippen LogP contribution in [0.4, 0.5) is 5.69 Å². The van der Waals surface area contributed by atoms with Gasteiger partial charge in [0.15, 0.2) is 4.90 Å². The molecule has 0 bridgehead atoms. The summed E-state index contributed by atoms with van der Waals surface area (Å²) in [7, 11) is -3.99. The number of piperazine rings is 1. The van der Waals surface area contributed by atoms with Gasteiger partial charge in [0.1, 0.15) is 0 Å². The van der Waals surface area contributed by atoms with Crippen LogP contribution < -0.4 is 5.32 Å². The van der Waals surface area contributed by atoms with E-state index >= 15 is 0 Å². The third kappa shape index (κ3) is 5.33. The Bertz CT molecular complexity index is 1040. The zero-order valence-electron chi connectivity index (χ0n) is 16.0. The van der Waals surface area contributed by atoms with Crippen molar-refractivity contribution in [3.8, 4) is 0 Å². The van der Waals surface area contributed by atoms with Crippen LogP contribution in [0.25, 0.3) is 0 Å². The molecule has 0 aromatic heterocycles. The molecular weight excluding hydrogens is 432 g/mol. The largest absolute Gasteiger partial charge is 0.351 e. The van der Waals surface area contributed by atoms with Crippen LogP contribution in [0.15, 0.2) is 53.4 Å². The number of sulfonamides is 1. The van der Waals surface area contributed by atoms with Crippen molar-refractivity contribution in [3.63, 3.8) is 0 Å². The Morgan fingerprint density at radius 2 is 1.80 bits per heavy atom. The number of hydrogen-bond donors (Lipinski definition) is 1. The zero-order valence-corrected chi connectivity index (χ0v) is 17.6. The van der Waals surface area contributed by atoms with E-state index in [1.165, 1.54) is 28.6 Å². The molecule has 9 nitrogen and oxygen atoms in total. The van der Waals surface area contributed by atoms with Gasteiger partial charge in [-0.05, 0) is 23.8 Å². The second-order valence-electron chi connectivity index (χ2n) is 6.81. The van der Waals surface area contributed by atoms with Gasteiger partial charge in [0, 0.05) is 43.8 Å². The maximum absolute atomic E-state index is 12.8. The molecule has 1 aliphatic rings. The van der Waals surface area contributed by atoms with E-state index < -0.39 is 20.6 Å². The first-order chi connectivity index (χ1) is 14.3. The molecule has 1 saturated heterocycles. The maximum Gasteiger partial charge on any atom is 0.289 e. The number of nitro groups is 1. The Morgan fingerprint density at radius 1 is 1.10 bits per heavy atom. The number of para-hydroxylation sites is 1. The highest BCUT2D eigenvalue weighted by molar-refractivity contribution is 7.89. The Kier molecular flexibility index (Phi) is 7.03. The predicted molar refractivity (Wildman–Crippen MR) is 112 cm³/mol. The van der Waals surface area contributed by atoms with E-state index in [-0.39, 0.29) is 30.4 Å². The summed E-state index contributed by atoms with van der Waals surface area (Å²) in [5.74, 6) is -0.176. The molecule has 3 rings (SSSR count). The molecule has 0 atom stereocenters. The summed E-state index contributed by atoms with van der Waals surface area (Å²) in [5, 5.41) is 14.6. The van der Waals surface area contributed by atoms with Crippen LogP contribution in [0.3, 0.4) is 0 Å². The predicted octanol–water partition coefficient (Wildman–Crippen LogP) is 1.87.